The molecule has 0 aliphatic carbocycles. The Morgan fingerprint density at radius 1 is 1.29 bits per heavy atom. The van der Waals surface area contributed by atoms with Gasteiger partial charge in [-0.15, -0.1) is 0 Å². The van der Waals surface area contributed by atoms with Crippen molar-refractivity contribution in [1.29, 1.82) is 0 Å². The van der Waals surface area contributed by atoms with Gasteiger partial charge in [-0.1, -0.05) is 23.4 Å². The molecule has 3 aromatic rings. The quantitative estimate of drug-likeness (QED) is 0.477. The van der Waals surface area contributed by atoms with E-state index in [4.69, 9.17) is 4.52 Å². The smallest absolute Gasteiger partial charge is 0.248 e. The highest BCUT2D eigenvalue weighted by atomic mass is 16.5. The molecule has 126 valence electrons. The summed E-state index contributed by atoms with van der Waals surface area (Å²) >= 11 is 0. The molecule has 2 aromatic heterocycles. The molecule has 24 heavy (non-hydrogen) atoms. The first-order valence-corrected chi connectivity index (χ1v) is 8.12. The van der Waals surface area contributed by atoms with Crippen LogP contribution in [0.5, 0.6) is 0 Å². The van der Waals surface area contributed by atoms with Crippen molar-refractivity contribution in [2.45, 2.75) is 26.8 Å². The van der Waals surface area contributed by atoms with Crippen molar-refractivity contribution in [3.8, 4) is 0 Å². The second-order valence-corrected chi connectivity index (χ2v) is 5.47. The minimum Gasteiger partial charge on any atom is -0.361 e. The Hall–Kier alpha value is -2.83. The highest BCUT2D eigenvalue weighted by Crippen LogP contribution is 2.17. The molecule has 2 heterocycles. The molecule has 0 fully saturated rings. The average Bonchev–Trinajstić information content (AvgIpc) is 3.19. The Bertz CT molecular complexity index is 819. The molecule has 0 saturated carbocycles. The molecular weight excluding hydrogens is 304 g/mol. The van der Waals surface area contributed by atoms with Gasteiger partial charge in [0, 0.05) is 30.2 Å². The zero-order valence-electron chi connectivity index (χ0n) is 14.0. The third-order valence-electron chi connectivity index (χ3n) is 3.65. The van der Waals surface area contributed by atoms with Crippen molar-refractivity contribution >= 4 is 16.9 Å². The van der Waals surface area contributed by atoms with Gasteiger partial charge in [-0.05, 0) is 31.9 Å². The van der Waals surface area contributed by atoms with Crippen LogP contribution >= 0.6 is 0 Å². The first-order valence-electron chi connectivity index (χ1n) is 8.12. The molecule has 3 rings (SSSR count). The Morgan fingerprint density at radius 3 is 2.96 bits per heavy atom. The number of aromatic amines is 1. The van der Waals surface area contributed by atoms with Gasteiger partial charge in [-0.25, -0.2) is 4.99 Å². The largest absolute Gasteiger partial charge is 0.361 e. The van der Waals surface area contributed by atoms with E-state index >= 15 is 0 Å². The summed E-state index contributed by atoms with van der Waals surface area (Å²) in [5.41, 5.74) is 2.46. The normalized spacial score (nSPS) is 11.8. The van der Waals surface area contributed by atoms with Gasteiger partial charge in [0.1, 0.15) is 6.54 Å². The topological polar surface area (TPSA) is 91.1 Å². The molecule has 0 unspecified atom stereocenters. The standard InChI is InChI=1S/C17H22N6O/c1-3-18-17(21-11-16-22-12(2)23-24-16)19-9-8-13-10-20-15-7-5-4-6-14(13)15/h4-7,10,20H,3,8-9,11H2,1-2H3,(H2,18,19,21). The maximum absolute atomic E-state index is 5.08. The molecule has 0 bridgehead atoms. The fourth-order valence-corrected chi connectivity index (χ4v) is 2.55. The second-order valence-electron chi connectivity index (χ2n) is 5.47. The fraction of sp³-hybridized carbons (Fsp3) is 0.353. The lowest BCUT2D eigenvalue weighted by Crippen LogP contribution is -2.38. The highest BCUT2D eigenvalue weighted by molar-refractivity contribution is 5.83. The molecule has 0 spiro atoms. The van der Waals surface area contributed by atoms with E-state index in [1.165, 1.54) is 16.5 Å². The minimum absolute atomic E-state index is 0.364. The van der Waals surface area contributed by atoms with E-state index in [0.29, 0.717) is 18.3 Å². The van der Waals surface area contributed by atoms with Gasteiger partial charge in [0.2, 0.25) is 5.89 Å². The van der Waals surface area contributed by atoms with Gasteiger partial charge in [-0.3, -0.25) is 0 Å². The summed E-state index contributed by atoms with van der Waals surface area (Å²) in [7, 11) is 0. The number of aliphatic imine (C=N–C) groups is 1. The number of fused-ring (bicyclic) bond motifs is 1. The monoisotopic (exact) mass is 326 g/mol. The molecule has 0 amide bonds. The van der Waals surface area contributed by atoms with Crippen LogP contribution in [0.25, 0.3) is 10.9 Å². The molecule has 0 aliphatic heterocycles. The van der Waals surface area contributed by atoms with E-state index in [9.17, 15) is 0 Å². The zero-order chi connectivity index (χ0) is 16.8. The first-order chi connectivity index (χ1) is 11.8. The predicted octanol–water partition coefficient (Wildman–Crippen LogP) is 2.16. The van der Waals surface area contributed by atoms with Gasteiger partial charge < -0.3 is 20.1 Å². The van der Waals surface area contributed by atoms with E-state index < -0.39 is 0 Å². The number of nitrogens with one attached hydrogen (secondary N) is 3. The summed E-state index contributed by atoms with van der Waals surface area (Å²) in [6.45, 7) is 5.77. The first kappa shape index (κ1) is 16.0. The van der Waals surface area contributed by atoms with Gasteiger partial charge >= 0.3 is 0 Å². The van der Waals surface area contributed by atoms with Gasteiger partial charge in [0.05, 0.1) is 0 Å². The molecular formula is C17H22N6O. The summed E-state index contributed by atoms with van der Waals surface area (Å²) in [5, 5.41) is 11.6. The summed E-state index contributed by atoms with van der Waals surface area (Å²) in [5.74, 6) is 1.88. The van der Waals surface area contributed by atoms with Crippen LogP contribution in [0.15, 0.2) is 40.0 Å². The maximum Gasteiger partial charge on any atom is 0.248 e. The van der Waals surface area contributed by atoms with E-state index in [0.717, 1.165) is 25.5 Å². The van der Waals surface area contributed by atoms with Crippen molar-refractivity contribution < 1.29 is 4.52 Å². The van der Waals surface area contributed by atoms with Crippen LogP contribution in [0.4, 0.5) is 0 Å². The molecule has 0 aliphatic rings. The van der Waals surface area contributed by atoms with Crippen LogP contribution in [0.2, 0.25) is 0 Å². The summed E-state index contributed by atoms with van der Waals surface area (Å²) in [6, 6.07) is 8.32. The third-order valence-corrected chi connectivity index (χ3v) is 3.65. The number of guanidine groups is 1. The second kappa shape index (κ2) is 7.63. The van der Waals surface area contributed by atoms with Crippen LogP contribution < -0.4 is 10.6 Å². The average molecular weight is 326 g/mol. The lowest BCUT2D eigenvalue weighted by molar-refractivity contribution is 0.376. The minimum atomic E-state index is 0.364. The number of aromatic nitrogens is 3. The SMILES string of the molecule is CCNC(=NCc1nc(C)no1)NCCc1c[nH]c2ccccc12. The van der Waals surface area contributed by atoms with Crippen molar-refractivity contribution in [2.75, 3.05) is 13.1 Å². The number of aryl methyl sites for hydroxylation is 1. The molecule has 0 saturated heterocycles. The van der Waals surface area contributed by atoms with E-state index in [-0.39, 0.29) is 0 Å². The molecule has 0 radical (unpaired) electrons. The number of rotatable bonds is 6. The maximum atomic E-state index is 5.08. The van der Waals surface area contributed by atoms with Gasteiger partial charge in [-0.2, -0.15) is 4.98 Å². The fourth-order valence-electron chi connectivity index (χ4n) is 2.55. The Kier molecular flexibility index (Phi) is 5.10. The van der Waals surface area contributed by atoms with E-state index in [1.807, 2.05) is 13.0 Å². The van der Waals surface area contributed by atoms with Crippen molar-refractivity contribution in [3.63, 3.8) is 0 Å². The Balaban J connectivity index is 1.57. The van der Waals surface area contributed by atoms with Gasteiger partial charge in [0.15, 0.2) is 11.8 Å². The lowest BCUT2D eigenvalue weighted by atomic mass is 10.1. The predicted molar refractivity (Wildman–Crippen MR) is 93.9 cm³/mol. The zero-order valence-corrected chi connectivity index (χ0v) is 14.0. The molecule has 0 atom stereocenters. The summed E-state index contributed by atoms with van der Waals surface area (Å²) in [6.07, 6.45) is 2.98. The van der Waals surface area contributed by atoms with Crippen molar-refractivity contribution in [2.24, 2.45) is 4.99 Å². The van der Waals surface area contributed by atoms with Crippen LogP contribution in [0, 0.1) is 6.92 Å². The Labute approximate surface area is 140 Å². The number of para-hydroxylation sites is 1. The number of hydrogen-bond acceptors (Lipinski definition) is 4. The lowest BCUT2D eigenvalue weighted by Gasteiger charge is -2.10. The van der Waals surface area contributed by atoms with Crippen molar-refractivity contribution in [1.82, 2.24) is 25.8 Å². The number of benzene rings is 1. The van der Waals surface area contributed by atoms with Crippen LogP contribution in [0.1, 0.15) is 24.2 Å². The number of nitrogens with zero attached hydrogens (tertiary/aromatic N) is 3. The van der Waals surface area contributed by atoms with E-state index in [2.05, 4.69) is 55.1 Å². The van der Waals surface area contributed by atoms with Crippen molar-refractivity contribution in [3.05, 3.63) is 47.7 Å². The molecule has 1 aromatic carbocycles. The molecule has 3 N–H and O–H groups in total. The van der Waals surface area contributed by atoms with Crippen LogP contribution in [-0.2, 0) is 13.0 Å². The van der Waals surface area contributed by atoms with Crippen LogP contribution in [0.3, 0.4) is 0 Å². The molecule has 7 nitrogen and oxygen atoms in total. The summed E-state index contributed by atoms with van der Waals surface area (Å²) < 4.78 is 5.08. The highest BCUT2D eigenvalue weighted by Gasteiger charge is 2.05. The third kappa shape index (κ3) is 3.92. The van der Waals surface area contributed by atoms with E-state index in [1.54, 1.807) is 6.92 Å². The Morgan fingerprint density at radius 2 is 2.17 bits per heavy atom. The molecule has 7 heteroatoms. The number of H-pyrrole nitrogens is 1. The number of hydrogen-bond donors (Lipinski definition) is 3. The summed E-state index contributed by atoms with van der Waals surface area (Å²) in [4.78, 5) is 11.9. The van der Waals surface area contributed by atoms with Crippen LogP contribution in [-0.4, -0.2) is 34.2 Å². The van der Waals surface area contributed by atoms with Gasteiger partial charge in [0.25, 0.3) is 0 Å².